The Morgan fingerprint density at radius 3 is 2.68 bits per heavy atom. The summed E-state index contributed by atoms with van der Waals surface area (Å²) in [7, 11) is 2.09. The standard InChI is InChI=1S/C17H27NO/c1-12(2)13(3)16(18-4)11-14-9-10-19-17-8-6-5-7-15(14)17/h5-8,12-14,16,18H,9-11H2,1-4H3. The summed E-state index contributed by atoms with van der Waals surface area (Å²) in [6, 6.07) is 9.10. The van der Waals surface area contributed by atoms with E-state index in [0.717, 1.165) is 18.8 Å². The molecule has 1 heterocycles. The summed E-state index contributed by atoms with van der Waals surface area (Å²) in [5.74, 6) is 3.13. The summed E-state index contributed by atoms with van der Waals surface area (Å²) in [4.78, 5) is 0. The van der Waals surface area contributed by atoms with Gasteiger partial charge in [-0.1, -0.05) is 39.0 Å². The third kappa shape index (κ3) is 3.30. The van der Waals surface area contributed by atoms with Crippen molar-refractivity contribution in [3.63, 3.8) is 0 Å². The van der Waals surface area contributed by atoms with E-state index in [1.54, 1.807) is 0 Å². The zero-order valence-electron chi connectivity index (χ0n) is 12.6. The van der Waals surface area contributed by atoms with Crippen molar-refractivity contribution in [2.75, 3.05) is 13.7 Å². The zero-order chi connectivity index (χ0) is 13.8. The van der Waals surface area contributed by atoms with Gasteiger partial charge in [-0.15, -0.1) is 0 Å². The molecule has 1 aromatic rings. The predicted molar refractivity (Wildman–Crippen MR) is 80.8 cm³/mol. The average molecular weight is 261 g/mol. The van der Waals surface area contributed by atoms with Gasteiger partial charge >= 0.3 is 0 Å². The van der Waals surface area contributed by atoms with Crippen molar-refractivity contribution < 1.29 is 4.74 Å². The van der Waals surface area contributed by atoms with Crippen LogP contribution in [0.25, 0.3) is 0 Å². The van der Waals surface area contributed by atoms with Crippen LogP contribution < -0.4 is 10.1 Å². The molecule has 0 saturated carbocycles. The van der Waals surface area contributed by atoms with E-state index in [1.807, 2.05) is 0 Å². The van der Waals surface area contributed by atoms with Gasteiger partial charge in [-0.05, 0) is 49.3 Å². The Bertz CT molecular complexity index is 402. The van der Waals surface area contributed by atoms with Crippen molar-refractivity contribution in [3.8, 4) is 5.75 Å². The van der Waals surface area contributed by atoms with Crippen LogP contribution in [0.3, 0.4) is 0 Å². The van der Waals surface area contributed by atoms with E-state index in [4.69, 9.17) is 4.74 Å². The average Bonchev–Trinajstić information content (AvgIpc) is 2.44. The van der Waals surface area contributed by atoms with E-state index in [1.165, 1.54) is 12.0 Å². The van der Waals surface area contributed by atoms with Gasteiger partial charge in [-0.25, -0.2) is 0 Å². The number of fused-ring (bicyclic) bond motifs is 1. The molecule has 106 valence electrons. The lowest BCUT2D eigenvalue weighted by Crippen LogP contribution is -2.36. The van der Waals surface area contributed by atoms with Crippen LogP contribution in [0.1, 0.15) is 45.1 Å². The van der Waals surface area contributed by atoms with E-state index in [2.05, 4.69) is 57.4 Å². The molecule has 3 unspecified atom stereocenters. The second-order valence-electron chi connectivity index (χ2n) is 6.11. The first-order chi connectivity index (χ1) is 9.13. The first kappa shape index (κ1) is 14.4. The number of rotatable bonds is 5. The van der Waals surface area contributed by atoms with Gasteiger partial charge in [-0.2, -0.15) is 0 Å². The molecule has 0 aromatic heterocycles. The van der Waals surface area contributed by atoms with E-state index in [0.29, 0.717) is 23.8 Å². The molecule has 19 heavy (non-hydrogen) atoms. The molecular weight excluding hydrogens is 234 g/mol. The van der Waals surface area contributed by atoms with E-state index < -0.39 is 0 Å². The maximum atomic E-state index is 5.76. The maximum absolute atomic E-state index is 5.76. The quantitative estimate of drug-likeness (QED) is 0.870. The third-order valence-electron chi connectivity index (χ3n) is 4.68. The van der Waals surface area contributed by atoms with Crippen molar-refractivity contribution in [1.29, 1.82) is 0 Å². The van der Waals surface area contributed by atoms with E-state index in [-0.39, 0.29) is 0 Å². The minimum Gasteiger partial charge on any atom is -0.493 e. The number of hydrogen-bond donors (Lipinski definition) is 1. The van der Waals surface area contributed by atoms with Gasteiger partial charge in [0.1, 0.15) is 5.75 Å². The van der Waals surface area contributed by atoms with Crippen molar-refractivity contribution in [2.24, 2.45) is 11.8 Å². The van der Waals surface area contributed by atoms with Gasteiger partial charge < -0.3 is 10.1 Å². The van der Waals surface area contributed by atoms with Crippen LogP contribution in [0.4, 0.5) is 0 Å². The van der Waals surface area contributed by atoms with Gasteiger partial charge in [0.2, 0.25) is 0 Å². The summed E-state index contributed by atoms with van der Waals surface area (Å²) in [6.45, 7) is 7.84. The van der Waals surface area contributed by atoms with Crippen LogP contribution in [0.5, 0.6) is 5.75 Å². The topological polar surface area (TPSA) is 21.3 Å². The van der Waals surface area contributed by atoms with Crippen LogP contribution in [-0.2, 0) is 0 Å². The van der Waals surface area contributed by atoms with Gasteiger partial charge in [0.15, 0.2) is 0 Å². The van der Waals surface area contributed by atoms with Gasteiger partial charge in [-0.3, -0.25) is 0 Å². The number of benzene rings is 1. The lowest BCUT2D eigenvalue weighted by molar-refractivity contribution is 0.232. The molecule has 0 saturated heterocycles. The Labute approximate surface area is 117 Å². The van der Waals surface area contributed by atoms with E-state index >= 15 is 0 Å². The summed E-state index contributed by atoms with van der Waals surface area (Å²) in [6.07, 6.45) is 2.34. The first-order valence-electron chi connectivity index (χ1n) is 7.52. The fourth-order valence-corrected chi connectivity index (χ4v) is 3.03. The molecule has 0 bridgehead atoms. The molecule has 0 fully saturated rings. The number of hydrogen-bond acceptors (Lipinski definition) is 2. The Kier molecular flexibility index (Phi) is 4.87. The molecule has 3 atom stereocenters. The van der Waals surface area contributed by atoms with Crippen molar-refractivity contribution in [1.82, 2.24) is 5.32 Å². The lowest BCUT2D eigenvalue weighted by atomic mass is 9.81. The monoisotopic (exact) mass is 261 g/mol. The highest BCUT2D eigenvalue weighted by Gasteiger charge is 2.27. The molecule has 1 aliphatic rings. The summed E-state index contributed by atoms with van der Waals surface area (Å²) in [5.41, 5.74) is 1.39. The highest BCUT2D eigenvalue weighted by Crippen LogP contribution is 2.37. The molecular formula is C17H27NO. The van der Waals surface area contributed by atoms with Crippen LogP contribution in [-0.4, -0.2) is 19.7 Å². The number of nitrogens with one attached hydrogen (secondary N) is 1. The smallest absolute Gasteiger partial charge is 0.122 e. The first-order valence-corrected chi connectivity index (χ1v) is 7.52. The van der Waals surface area contributed by atoms with Crippen LogP contribution in [0.15, 0.2) is 24.3 Å². The molecule has 1 N–H and O–H groups in total. The fraction of sp³-hybridized carbons (Fsp3) is 0.647. The molecule has 0 aliphatic carbocycles. The van der Waals surface area contributed by atoms with Gasteiger partial charge in [0, 0.05) is 6.04 Å². The van der Waals surface area contributed by atoms with Crippen LogP contribution in [0.2, 0.25) is 0 Å². The maximum Gasteiger partial charge on any atom is 0.122 e. The number of ether oxygens (including phenoxy) is 1. The van der Waals surface area contributed by atoms with Crippen molar-refractivity contribution >= 4 is 0 Å². The largest absolute Gasteiger partial charge is 0.493 e. The minimum absolute atomic E-state index is 0.580. The molecule has 0 spiro atoms. The molecule has 0 radical (unpaired) electrons. The molecule has 2 nitrogen and oxygen atoms in total. The van der Waals surface area contributed by atoms with Crippen LogP contribution in [0, 0.1) is 11.8 Å². The van der Waals surface area contributed by atoms with Crippen LogP contribution >= 0.6 is 0 Å². The summed E-state index contributed by atoms with van der Waals surface area (Å²) in [5, 5.41) is 3.52. The highest BCUT2D eigenvalue weighted by atomic mass is 16.5. The Hall–Kier alpha value is -1.02. The van der Waals surface area contributed by atoms with E-state index in [9.17, 15) is 0 Å². The lowest BCUT2D eigenvalue weighted by Gasteiger charge is -2.33. The van der Waals surface area contributed by atoms with Gasteiger partial charge in [0.05, 0.1) is 6.61 Å². The third-order valence-corrected chi connectivity index (χ3v) is 4.68. The highest BCUT2D eigenvalue weighted by molar-refractivity contribution is 5.37. The molecule has 2 heteroatoms. The Balaban J connectivity index is 2.11. The normalized spacial score (nSPS) is 21.6. The zero-order valence-corrected chi connectivity index (χ0v) is 12.6. The molecule has 2 rings (SSSR count). The summed E-state index contributed by atoms with van der Waals surface area (Å²) >= 11 is 0. The molecule has 1 aliphatic heterocycles. The Morgan fingerprint density at radius 1 is 1.26 bits per heavy atom. The predicted octanol–water partition coefficient (Wildman–Crippen LogP) is 3.82. The van der Waals surface area contributed by atoms with Crippen molar-refractivity contribution in [2.45, 2.75) is 45.6 Å². The fourth-order valence-electron chi connectivity index (χ4n) is 3.03. The SMILES string of the molecule is CNC(CC1CCOc2ccccc21)C(C)C(C)C. The second kappa shape index (κ2) is 6.42. The van der Waals surface area contributed by atoms with Gasteiger partial charge in [0.25, 0.3) is 0 Å². The minimum atomic E-state index is 0.580. The van der Waals surface area contributed by atoms with Crippen molar-refractivity contribution in [3.05, 3.63) is 29.8 Å². The Morgan fingerprint density at radius 2 is 2.00 bits per heavy atom. The summed E-state index contributed by atoms with van der Waals surface area (Å²) < 4.78 is 5.76. The molecule has 1 aromatic carbocycles. The second-order valence-corrected chi connectivity index (χ2v) is 6.11. The molecule has 0 amide bonds. The number of para-hydroxylation sites is 1.